The summed E-state index contributed by atoms with van der Waals surface area (Å²) >= 11 is 1.25. The second-order valence-corrected chi connectivity index (χ2v) is 7.67. The Bertz CT molecular complexity index is 931. The van der Waals surface area contributed by atoms with Crippen molar-refractivity contribution in [3.8, 4) is 11.5 Å². The van der Waals surface area contributed by atoms with E-state index >= 15 is 0 Å². The number of thioether (sulfide) groups is 1. The van der Waals surface area contributed by atoms with Crippen LogP contribution in [0.25, 0.3) is 0 Å². The van der Waals surface area contributed by atoms with Gasteiger partial charge in [0.25, 0.3) is 0 Å². The van der Waals surface area contributed by atoms with Gasteiger partial charge < -0.3 is 14.8 Å². The molecule has 0 atom stereocenters. The molecule has 31 heavy (non-hydrogen) atoms. The van der Waals surface area contributed by atoms with E-state index in [0.29, 0.717) is 30.1 Å². The molecular formula is C22H24F3NO4S. The van der Waals surface area contributed by atoms with Crippen molar-refractivity contribution in [2.75, 3.05) is 24.8 Å². The average Bonchev–Trinajstić information content (AvgIpc) is 2.71. The molecule has 0 fully saturated rings. The van der Waals surface area contributed by atoms with Crippen LogP contribution in [0.15, 0.2) is 36.4 Å². The number of alkyl halides is 3. The average molecular weight is 455 g/mol. The van der Waals surface area contributed by atoms with Crippen LogP contribution in [-0.4, -0.2) is 31.2 Å². The van der Waals surface area contributed by atoms with Gasteiger partial charge in [0.1, 0.15) is 11.5 Å². The zero-order valence-corrected chi connectivity index (χ0v) is 18.3. The molecule has 0 radical (unpaired) electrons. The number of hydrogen-bond donors (Lipinski definition) is 1. The largest absolute Gasteiger partial charge is 0.496 e. The van der Waals surface area contributed by atoms with E-state index in [2.05, 4.69) is 5.32 Å². The maximum absolute atomic E-state index is 13.0. The van der Waals surface area contributed by atoms with Crippen LogP contribution in [0, 0.1) is 0 Å². The Hall–Kier alpha value is -2.68. The minimum atomic E-state index is -4.53. The van der Waals surface area contributed by atoms with Crippen molar-refractivity contribution in [1.29, 1.82) is 0 Å². The first-order valence-electron chi connectivity index (χ1n) is 9.55. The van der Waals surface area contributed by atoms with E-state index in [1.807, 2.05) is 6.92 Å². The topological polar surface area (TPSA) is 64.6 Å². The van der Waals surface area contributed by atoms with Crippen molar-refractivity contribution in [3.63, 3.8) is 0 Å². The molecule has 9 heteroatoms. The zero-order chi connectivity index (χ0) is 23.0. The number of Topliss-reactive ketones (excluding diaryl/α,β-unsaturated/α-hetero) is 1. The van der Waals surface area contributed by atoms with Crippen molar-refractivity contribution in [2.45, 2.75) is 32.2 Å². The monoisotopic (exact) mass is 455 g/mol. The van der Waals surface area contributed by atoms with Gasteiger partial charge in [-0.3, -0.25) is 9.59 Å². The summed E-state index contributed by atoms with van der Waals surface area (Å²) in [6.45, 7) is 3.64. The van der Waals surface area contributed by atoms with E-state index in [0.717, 1.165) is 17.7 Å². The molecule has 0 bridgehead atoms. The molecule has 0 aliphatic heterocycles. The number of carbonyl (C=O) groups excluding carboxylic acids is 2. The summed E-state index contributed by atoms with van der Waals surface area (Å²) in [5, 5.41) is 2.51. The number of nitrogens with one attached hydrogen (secondary N) is 1. The number of ketones is 1. The summed E-state index contributed by atoms with van der Waals surface area (Å²) in [5.41, 5.74) is 0.386. The first-order chi connectivity index (χ1) is 14.7. The fourth-order valence-corrected chi connectivity index (χ4v) is 3.50. The third kappa shape index (κ3) is 7.20. The fraction of sp³-hybridized carbons (Fsp3) is 0.364. The molecule has 2 aromatic rings. The molecule has 168 valence electrons. The molecule has 1 N–H and O–H groups in total. The van der Waals surface area contributed by atoms with Crippen LogP contribution in [0.5, 0.6) is 11.5 Å². The highest BCUT2D eigenvalue weighted by Crippen LogP contribution is 2.35. The first-order valence-corrected chi connectivity index (χ1v) is 10.7. The van der Waals surface area contributed by atoms with Crippen molar-refractivity contribution in [1.82, 2.24) is 0 Å². The molecule has 0 heterocycles. The van der Waals surface area contributed by atoms with Crippen LogP contribution < -0.4 is 14.8 Å². The Morgan fingerprint density at radius 1 is 1.10 bits per heavy atom. The van der Waals surface area contributed by atoms with Gasteiger partial charge in [-0.25, -0.2) is 0 Å². The number of anilines is 1. The fourth-order valence-electron chi connectivity index (χ4n) is 2.69. The first kappa shape index (κ1) is 24.6. The maximum Gasteiger partial charge on any atom is 0.416 e. The number of hydrogen-bond acceptors (Lipinski definition) is 5. The molecule has 2 aromatic carbocycles. The molecule has 0 aliphatic rings. The summed E-state index contributed by atoms with van der Waals surface area (Å²) < 4.78 is 49.9. The van der Waals surface area contributed by atoms with Crippen molar-refractivity contribution in [3.05, 3.63) is 53.1 Å². The van der Waals surface area contributed by atoms with Gasteiger partial charge in [-0.05, 0) is 49.7 Å². The lowest BCUT2D eigenvalue weighted by molar-refractivity contribution is -0.137. The highest BCUT2D eigenvalue weighted by Gasteiger charge is 2.31. The Morgan fingerprint density at radius 2 is 1.81 bits per heavy atom. The van der Waals surface area contributed by atoms with Gasteiger partial charge in [-0.1, -0.05) is 6.92 Å². The Morgan fingerprint density at radius 3 is 2.42 bits per heavy atom. The lowest BCUT2D eigenvalue weighted by Crippen LogP contribution is -2.16. The predicted octanol–water partition coefficient (Wildman–Crippen LogP) is 5.58. The van der Waals surface area contributed by atoms with Crippen molar-refractivity contribution >= 4 is 29.1 Å². The van der Waals surface area contributed by atoms with E-state index in [1.165, 1.54) is 31.9 Å². The standard InChI is InChI=1S/C22H24F3NO4S/c1-4-9-30-20-8-6-17(22(23,24)25)11-18(20)26-21(28)13-31-12-16-10-15(14(2)27)5-7-19(16)29-3/h5-8,10-11H,4,9,12-13H2,1-3H3,(H,26,28). The summed E-state index contributed by atoms with van der Waals surface area (Å²) in [5.74, 6) is 0.606. The van der Waals surface area contributed by atoms with E-state index in [4.69, 9.17) is 9.47 Å². The van der Waals surface area contributed by atoms with Gasteiger partial charge in [0, 0.05) is 16.9 Å². The molecule has 0 aromatic heterocycles. The van der Waals surface area contributed by atoms with Gasteiger partial charge in [0.05, 0.1) is 30.7 Å². The molecule has 0 saturated heterocycles. The highest BCUT2D eigenvalue weighted by molar-refractivity contribution is 7.99. The number of amides is 1. The number of halogens is 3. The second kappa shape index (κ2) is 11.1. The molecular weight excluding hydrogens is 431 g/mol. The van der Waals surface area contributed by atoms with Crippen LogP contribution in [0.4, 0.5) is 18.9 Å². The number of carbonyl (C=O) groups is 2. The van der Waals surface area contributed by atoms with E-state index < -0.39 is 17.6 Å². The summed E-state index contributed by atoms with van der Waals surface area (Å²) in [6.07, 6.45) is -3.86. The number of methoxy groups -OCH3 is 1. The molecule has 1 amide bonds. The van der Waals surface area contributed by atoms with E-state index in [1.54, 1.807) is 18.2 Å². The molecule has 0 aliphatic carbocycles. The molecule has 0 spiro atoms. The van der Waals surface area contributed by atoms with E-state index in [9.17, 15) is 22.8 Å². The Kier molecular flexibility index (Phi) is 8.79. The summed E-state index contributed by atoms with van der Waals surface area (Å²) in [6, 6.07) is 8.05. The number of benzene rings is 2. The quantitative estimate of drug-likeness (QED) is 0.474. The van der Waals surface area contributed by atoms with Crippen LogP contribution in [0.2, 0.25) is 0 Å². The van der Waals surface area contributed by atoms with Gasteiger partial charge in [0.2, 0.25) is 5.91 Å². The lowest BCUT2D eigenvalue weighted by atomic mass is 10.1. The number of ether oxygens (including phenoxy) is 2. The summed E-state index contributed by atoms with van der Waals surface area (Å²) in [7, 11) is 1.51. The van der Waals surface area contributed by atoms with Gasteiger partial charge in [-0.15, -0.1) is 11.8 Å². The minimum Gasteiger partial charge on any atom is -0.496 e. The molecule has 2 rings (SSSR count). The Labute approximate surface area is 183 Å². The van der Waals surface area contributed by atoms with Gasteiger partial charge >= 0.3 is 6.18 Å². The van der Waals surface area contributed by atoms with Crippen LogP contribution in [0.3, 0.4) is 0 Å². The zero-order valence-electron chi connectivity index (χ0n) is 17.5. The SMILES string of the molecule is CCCOc1ccc(C(F)(F)F)cc1NC(=O)CSCc1cc(C(C)=O)ccc1OC. The molecule has 5 nitrogen and oxygen atoms in total. The van der Waals surface area contributed by atoms with Crippen LogP contribution in [-0.2, 0) is 16.7 Å². The van der Waals surface area contributed by atoms with Crippen LogP contribution >= 0.6 is 11.8 Å². The second-order valence-electron chi connectivity index (χ2n) is 6.68. The molecule has 0 unspecified atom stereocenters. The molecule has 0 saturated carbocycles. The van der Waals surface area contributed by atoms with Crippen molar-refractivity contribution < 1.29 is 32.2 Å². The minimum absolute atomic E-state index is 0.00306. The maximum atomic E-state index is 13.0. The normalized spacial score (nSPS) is 11.2. The third-order valence-corrected chi connectivity index (χ3v) is 5.20. The van der Waals surface area contributed by atoms with Crippen molar-refractivity contribution in [2.24, 2.45) is 0 Å². The smallest absolute Gasteiger partial charge is 0.416 e. The third-order valence-electron chi connectivity index (χ3n) is 4.22. The predicted molar refractivity (Wildman–Crippen MR) is 115 cm³/mol. The summed E-state index contributed by atoms with van der Waals surface area (Å²) in [4.78, 5) is 23.9. The number of rotatable bonds is 10. The van der Waals surface area contributed by atoms with E-state index in [-0.39, 0.29) is 23.0 Å². The van der Waals surface area contributed by atoms with Gasteiger partial charge in [0.15, 0.2) is 5.78 Å². The van der Waals surface area contributed by atoms with Crippen LogP contribution in [0.1, 0.15) is 41.8 Å². The lowest BCUT2D eigenvalue weighted by Gasteiger charge is -2.15. The van der Waals surface area contributed by atoms with Gasteiger partial charge in [-0.2, -0.15) is 13.2 Å². The Balaban J connectivity index is 2.07. The highest BCUT2D eigenvalue weighted by atomic mass is 32.2.